The van der Waals surface area contributed by atoms with Gasteiger partial charge in [0.1, 0.15) is 16.5 Å². The van der Waals surface area contributed by atoms with Gasteiger partial charge in [-0.3, -0.25) is 0 Å². The summed E-state index contributed by atoms with van der Waals surface area (Å²) in [5.41, 5.74) is 1.35. The van der Waals surface area contributed by atoms with E-state index in [-0.39, 0.29) is 5.82 Å². The van der Waals surface area contributed by atoms with Crippen molar-refractivity contribution in [3.63, 3.8) is 0 Å². The third kappa shape index (κ3) is 2.43. The van der Waals surface area contributed by atoms with E-state index in [0.717, 1.165) is 0 Å². The van der Waals surface area contributed by atoms with E-state index in [2.05, 4.69) is 20.9 Å². The number of nitrogens with zero attached hydrogens (tertiary/aromatic N) is 1. The minimum atomic E-state index is -0.352. The number of aromatic nitrogens is 1. The summed E-state index contributed by atoms with van der Waals surface area (Å²) in [7, 11) is 0. The molecule has 17 heavy (non-hydrogen) atoms. The molecule has 2 nitrogen and oxygen atoms in total. The first-order valence-electron chi connectivity index (χ1n) is 4.70. The number of hydrogen-bond acceptors (Lipinski definition) is 2. The molecule has 0 aliphatic heterocycles. The topological polar surface area (TPSA) is 39.6 Å². The van der Waals surface area contributed by atoms with Crippen LogP contribution in [0.25, 0.3) is 11.3 Å². The Morgan fingerprint density at radius 3 is 2.65 bits per heavy atom. The molecule has 0 fully saturated rings. The van der Waals surface area contributed by atoms with Gasteiger partial charge in [0.25, 0.3) is 0 Å². The number of H-pyrrole nitrogens is 1. The number of benzene rings is 1. The van der Waals surface area contributed by atoms with Crippen LogP contribution in [0.1, 0.15) is 5.56 Å². The number of aromatic amines is 1. The Labute approximate surface area is 111 Å². The second kappa shape index (κ2) is 4.78. The Bertz CT molecular complexity index is 673. The smallest absolute Gasteiger partial charge is 0.133 e. The molecular formula is C12H6BrFN2S. The maximum atomic E-state index is 13.7. The minimum absolute atomic E-state index is 0.312. The molecule has 2 aromatic rings. The van der Waals surface area contributed by atoms with Crippen LogP contribution in [0.2, 0.25) is 0 Å². The highest BCUT2D eigenvalue weighted by Crippen LogP contribution is 2.24. The van der Waals surface area contributed by atoms with Crippen LogP contribution in [0.5, 0.6) is 0 Å². The van der Waals surface area contributed by atoms with Crippen molar-refractivity contribution < 1.29 is 4.39 Å². The first-order valence-corrected chi connectivity index (χ1v) is 5.91. The van der Waals surface area contributed by atoms with Crippen LogP contribution in [0.15, 0.2) is 34.8 Å². The highest BCUT2D eigenvalue weighted by Gasteiger charge is 2.06. The molecule has 1 aromatic carbocycles. The van der Waals surface area contributed by atoms with E-state index in [0.29, 0.717) is 25.9 Å². The van der Waals surface area contributed by atoms with E-state index in [4.69, 9.17) is 17.5 Å². The lowest BCUT2D eigenvalue weighted by Gasteiger charge is -2.04. The lowest BCUT2D eigenvalue weighted by Crippen LogP contribution is -1.90. The Kier molecular flexibility index (Phi) is 3.36. The Morgan fingerprint density at radius 1 is 1.29 bits per heavy atom. The summed E-state index contributed by atoms with van der Waals surface area (Å²) in [4.78, 5) is 2.84. The molecule has 1 aromatic heterocycles. The van der Waals surface area contributed by atoms with Crippen LogP contribution < -0.4 is 0 Å². The normalized spacial score (nSPS) is 9.94. The monoisotopic (exact) mass is 308 g/mol. The number of nitrogens with one attached hydrogen (secondary N) is 1. The van der Waals surface area contributed by atoms with Crippen molar-refractivity contribution in [2.45, 2.75) is 0 Å². The van der Waals surface area contributed by atoms with Crippen LogP contribution in [0, 0.1) is 21.8 Å². The molecule has 1 heterocycles. The molecule has 5 heteroatoms. The average Bonchev–Trinajstić information content (AvgIpc) is 2.29. The van der Waals surface area contributed by atoms with Crippen LogP contribution in [0.3, 0.4) is 0 Å². The molecular weight excluding hydrogens is 303 g/mol. The van der Waals surface area contributed by atoms with Crippen molar-refractivity contribution in [3.8, 4) is 17.3 Å². The average molecular weight is 309 g/mol. The Hall–Kier alpha value is -1.51. The Balaban J connectivity index is 2.58. The second-order valence-corrected chi connectivity index (χ2v) is 4.67. The van der Waals surface area contributed by atoms with Crippen LogP contribution in [-0.4, -0.2) is 4.98 Å². The van der Waals surface area contributed by atoms with Gasteiger partial charge in [-0.05, 0) is 30.3 Å². The molecule has 2 rings (SSSR count). The van der Waals surface area contributed by atoms with E-state index in [9.17, 15) is 4.39 Å². The van der Waals surface area contributed by atoms with Crippen LogP contribution >= 0.6 is 28.1 Å². The van der Waals surface area contributed by atoms with Gasteiger partial charge in [-0.15, -0.1) is 0 Å². The third-order valence-electron chi connectivity index (χ3n) is 2.25. The van der Waals surface area contributed by atoms with Gasteiger partial charge in [-0.1, -0.05) is 28.1 Å². The van der Waals surface area contributed by atoms with E-state index in [1.807, 2.05) is 6.07 Å². The fourth-order valence-corrected chi connectivity index (χ4v) is 1.98. The highest BCUT2D eigenvalue weighted by molar-refractivity contribution is 9.10. The first-order chi connectivity index (χ1) is 8.11. The third-order valence-corrected chi connectivity index (χ3v) is 3.07. The molecule has 0 aliphatic carbocycles. The summed E-state index contributed by atoms with van der Waals surface area (Å²) in [5.74, 6) is -0.352. The first kappa shape index (κ1) is 12.0. The van der Waals surface area contributed by atoms with E-state index in [1.165, 1.54) is 6.07 Å². The van der Waals surface area contributed by atoms with E-state index in [1.54, 1.807) is 24.3 Å². The molecule has 1 N–H and O–H groups in total. The van der Waals surface area contributed by atoms with Crippen molar-refractivity contribution in [3.05, 3.63) is 50.8 Å². The van der Waals surface area contributed by atoms with Crippen LogP contribution in [0.4, 0.5) is 4.39 Å². The summed E-state index contributed by atoms with van der Waals surface area (Å²) in [6, 6.07) is 9.95. The van der Waals surface area contributed by atoms with Gasteiger partial charge in [-0.2, -0.15) is 5.26 Å². The SMILES string of the molecule is N#Cc1ccc(-c2ccc(Br)cc2F)[nH]c1=S. The van der Waals surface area contributed by atoms with Crippen molar-refractivity contribution in [1.29, 1.82) is 5.26 Å². The molecule has 0 atom stereocenters. The molecule has 0 radical (unpaired) electrons. The lowest BCUT2D eigenvalue weighted by atomic mass is 10.1. The molecule has 0 aliphatic rings. The van der Waals surface area contributed by atoms with Gasteiger partial charge < -0.3 is 4.98 Å². The Morgan fingerprint density at radius 2 is 2.06 bits per heavy atom. The number of hydrogen-bond donors (Lipinski definition) is 1. The maximum Gasteiger partial charge on any atom is 0.133 e. The summed E-state index contributed by atoms with van der Waals surface area (Å²) in [5, 5.41) is 8.75. The summed E-state index contributed by atoms with van der Waals surface area (Å²) in [6.07, 6.45) is 0. The van der Waals surface area contributed by atoms with Crippen molar-refractivity contribution >= 4 is 28.1 Å². The van der Waals surface area contributed by atoms with Gasteiger partial charge in [0, 0.05) is 15.7 Å². The zero-order valence-electron chi connectivity index (χ0n) is 8.50. The van der Waals surface area contributed by atoms with E-state index < -0.39 is 0 Å². The highest BCUT2D eigenvalue weighted by atomic mass is 79.9. The minimum Gasteiger partial charge on any atom is -0.345 e. The van der Waals surface area contributed by atoms with Crippen molar-refractivity contribution in [1.82, 2.24) is 4.98 Å². The standard InChI is InChI=1S/C12H6BrFN2S/c13-8-2-3-9(10(14)5-8)11-4-1-7(6-15)12(17)16-11/h1-5H,(H,16,17). The molecule has 0 spiro atoms. The van der Waals surface area contributed by atoms with Gasteiger partial charge in [0.15, 0.2) is 0 Å². The van der Waals surface area contributed by atoms with Gasteiger partial charge in [-0.25, -0.2) is 4.39 Å². The predicted molar refractivity (Wildman–Crippen MR) is 69.4 cm³/mol. The predicted octanol–water partition coefficient (Wildman–Crippen LogP) is 4.18. The molecule has 84 valence electrons. The number of rotatable bonds is 1. The largest absolute Gasteiger partial charge is 0.345 e. The number of halogens is 2. The zero-order valence-corrected chi connectivity index (χ0v) is 10.9. The van der Waals surface area contributed by atoms with Gasteiger partial charge in [0.05, 0.1) is 5.56 Å². The molecule has 0 amide bonds. The molecule has 0 bridgehead atoms. The molecule has 0 saturated heterocycles. The van der Waals surface area contributed by atoms with Crippen LogP contribution in [-0.2, 0) is 0 Å². The van der Waals surface area contributed by atoms with Crippen molar-refractivity contribution in [2.75, 3.05) is 0 Å². The second-order valence-electron chi connectivity index (χ2n) is 3.35. The zero-order chi connectivity index (χ0) is 12.4. The maximum absolute atomic E-state index is 13.7. The number of pyridine rings is 1. The summed E-state index contributed by atoms with van der Waals surface area (Å²) < 4.78 is 14.7. The van der Waals surface area contributed by atoms with E-state index >= 15 is 0 Å². The fourth-order valence-electron chi connectivity index (χ4n) is 1.43. The molecule has 0 unspecified atom stereocenters. The quantitative estimate of drug-likeness (QED) is 0.803. The fraction of sp³-hybridized carbons (Fsp3) is 0. The van der Waals surface area contributed by atoms with Gasteiger partial charge >= 0.3 is 0 Å². The number of nitriles is 1. The molecule has 0 saturated carbocycles. The summed E-state index contributed by atoms with van der Waals surface area (Å²) >= 11 is 8.19. The van der Waals surface area contributed by atoms with Crippen molar-refractivity contribution in [2.24, 2.45) is 0 Å². The summed E-state index contributed by atoms with van der Waals surface area (Å²) in [6.45, 7) is 0. The van der Waals surface area contributed by atoms with Gasteiger partial charge in [0.2, 0.25) is 0 Å². The lowest BCUT2D eigenvalue weighted by molar-refractivity contribution is 0.630.